The number of amides is 2. The molecule has 2 amide bonds. The molecule has 1 rings (SSSR count). The highest BCUT2D eigenvalue weighted by atomic mass is 16.2. The van der Waals surface area contributed by atoms with E-state index in [9.17, 15) is 9.59 Å². The average Bonchev–Trinajstić information content (AvgIpc) is 2.43. The summed E-state index contributed by atoms with van der Waals surface area (Å²) in [7, 11) is 3.91. The van der Waals surface area contributed by atoms with Crippen molar-refractivity contribution < 1.29 is 9.59 Å². The number of carbonyl (C=O) groups excluding carboxylic acids is 2. The molecule has 1 N–H and O–H groups in total. The Morgan fingerprint density at radius 3 is 2.62 bits per heavy atom. The van der Waals surface area contributed by atoms with E-state index in [1.165, 1.54) is 6.92 Å². The standard InChI is InChI=1S/C15H24N4O2/c1-13(20)19(12-14-5-4-7-16-11-14)9-6-15(21)17-8-10-18(2)3/h4-5,7,11H,6,8-10,12H2,1-3H3,(H,17,21). The number of likely N-dealkylation sites (N-methyl/N-ethyl adjacent to an activating group) is 1. The fourth-order valence-electron chi connectivity index (χ4n) is 1.80. The summed E-state index contributed by atoms with van der Waals surface area (Å²) < 4.78 is 0. The lowest BCUT2D eigenvalue weighted by Gasteiger charge is -2.21. The molecule has 0 aliphatic heterocycles. The van der Waals surface area contributed by atoms with Crippen molar-refractivity contribution in [2.75, 3.05) is 33.7 Å². The highest BCUT2D eigenvalue weighted by Crippen LogP contribution is 2.04. The molecule has 0 bridgehead atoms. The quantitative estimate of drug-likeness (QED) is 0.758. The highest BCUT2D eigenvalue weighted by Gasteiger charge is 2.11. The van der Waals surface area contributed by atoms with E-state index in [0.717, 1.165) is 12.1 Å². The van der Waals surface area contributed by atoms with Crippen molar-refractivity contribution in [1.29, 1.82) is 0 Å². The molecule has 0 saturated carbocycles. The fourth-order valence-corrected chi connectivity index (χ4v) is 1.80. The number of pyridine rings is 1. The molecule has 1 aromatic rings. The van der Waals surface area contributed by atoms with E-state index in [1.807, 2.05) is 31.1 Å². The van der Waals surface area contributed by atoms with Crippen molar-refractivity contribution >= 4 is 11.8 Å². The lowest BCUT2D eigenvalue weighted by atomic mass is 10.2. The third-order valence-electron chi connectivity index (χ3n) is 3.03. The van der Waals surface area contributed by atoms with Crippen LogP contribution in [0.15, 0.2) is 24.5 Å². The van der Waals surface area contributed by atoms with Gasteiger partial charge in [-0.05, 0) is 25.7 Å². The molecule has 21 heavy (non-hydrogen) atoms. The van der Waals surface area contributed by atoms with Gasteiger partial charge in [-0.15, -0.1) is 0 Å². The summed E-state index contributed by atoms with van der Waals surface area (Å²) >= 11 is 0. The Morgan fingerprint density at radius 1 is 1.29 bits per heavy atom. The number of hydrogen-bond acceptors (Lipinski definition) is 4. The number of nitrogens with one attached hydrogen (secondary N) is 1. The number of hydrogen-bond donors (Lipinski definition) is 1. The molecule has 0 radical (unpaired) electrons. The normalized spacial score (nSPS) is 10.5. The molecule has 6 heteroatoms. The first kappa shape index (κ1) is 17.1. The Bertz CT molecular complexity index is 448. The van der Waals surface area contributed by atoms with Gasteiger partial charge in [0.15, 0.2) is 0 Å². The van der Waals surface area contributed by atoms with Gasteiger partial charge in [-0.25, -0.2) is 0 Å². The molecule has 0 aliphatic rings. The van der Waals surface area contributed by atoms with Crippen LogP contribution in [0.1, 0.15) is 18.9 Å². The Kier molecular flexibility index (Phi) is 7.39. The first-order valence-corrected chi connectivity index (χ1v) is 7.05. The van der Waals surface area contributed by atoms with Gasteiger partial charge < -0.3 is 15.1 Å². The summed E-state index contributed by atoms with van der Waals surface area (Å²) in [6.45, 7) is 3.83. The minimum atomic E-state index is -0.0417. The zero-order valence-electron chi connectivity index (χ0n) is 13.0. The van der Waals surface area contributed by atoms with E-state index in [4.69, 9.17) is 0 Å². The number of carbonyl (C=O) groups is 2. The minimum Gasteiger partial charge on any atom is -0.355 e. The second kappa shape index (κ2) is 9.07. The lowest BCUT2D eigenvalue weighted by Crippen LogP contribution is -2.35. The van der Waals surface area contributed by atoms with Crippen molar-refractivity contribution in [3.8, 4) is 0 Å². The Labute approximate surface area is 126 Å². The molecule has 0 aliphatic carbocycles. The maximum Gasteiger partial charge on any atom is 0.221 e. The SMILES string of the molecule is CC(=O)N(CCC(=O)NCCN(C)C)Cc1cccnc1. The second-order valence-electron chi connectivity index (χ2n) is 5.21. The zero-order valence-corrected chi connectivity index (χ0v) is 13.0. The van der Waals surface area contributed by atoms with Gasteiger partial charge in [0.1, 0.15) is 0 Å². The molecule has 6 nitrogen and oxygen atoms in total. The molecule has 116 valence electrons. The van der Waals surface area contributed by atoms with Crippen LogP contribution < -0.4 is 5.32 Å². The first-order valence-electron chi connectivity index (χ1n) is 7.05. The van der Waals surface area contributed by atoms with Crippen LogP contribution in [0.4, 0.5) is 0 Å². The van der Waals surface area contributed by atoms with Crippen molar-refractivity contribution in [3.05, 3.63) is 30.1 Å². The minimum absolute atomic E-state index is 0.0331. The second-order valence-corrected chi connectivity index (χ2v) is 5.21. The van der Waals surface area contributed by atoms with Crippen molar-refractivity contribution in [3.63, 3.8) is 0 Å². The lowest BCUT2D eigenvalue weighted by molar-refractivity contribution is -0.130. The molecule has 0 spiro atoms. The van der Waals surface area contributed by atoms with Gasteiger partial charge in [0.05, 0.1) is 0 Å². The van der Waals surface area contributed by atoms with Crippen LogP contribution in [0.5, 0.6) is 0 Å². The summed E-state index contributed by atoms with van der Waals surface area (Å²) in [6, 6.07) is 3.75. The van der Waals surface area contributed by atoms with Crippen LogP contribution >= 0.6 is 0 Å². The van der Waals surface area contributed by atoms with Crippen molar-refractivity contribution in [1.82, 2.24) is 20.1 Å². The van der Waals surface area contributed by atoms with E-state index in [0.29, 0.717) is 26.1 Å². The van der Waals surface area contributed by atoms with Crippen LogP contribution in [-0.4, -0.2) is 60.3 Å². The highest BCUT2D eigenvalue weighted by molar-refractivity contribution is 5.78. The van der Waals surface area contributed by atoms with Crippen LogP contribution in [0.3, 0.4) is 0 Å². The van der Waals surface area contributed by atoms with Crippen LogP contribution in [0.2, 0.25) is 0 Å². The van der Waals surface area contributed by atoms with Gasteiger partial charge in [0.25, 0.3) is 0 Å². The average molecular weight is 292 g/mol. The molecule has 0 aromatic carbocycles. The molecule has 0 fully saturated rings. The van der Waals surface area contributed by atoms with Crippen LogP contribution in [0.25, 0.3) is 0 Å². The maximum absolute atomic E-state index is 11.7. The first-order chi connectivity index (χ1) is 9.99. The van der Waals surface area contributed by atoms with E-state index < -0.39 is 0 Å². The van der Waals surface area contributed by atoms with Gasteiger partial charge in [0, 0.05) is 51.9 Å². The van der Waals surface area contributed by atoms with Crippen molar-refractivity contribution in [2.24, 2.45) is 0 Å². The Morgan fingerprint density at radius 2 is 2.05 bits per heavy atom. The fraction of sp³-hybridized carbons (Fsp3) is 0.533. The predicted molar refractivity (Wildman–Crippen MR) is 81.5 cm³/mol. The van der Waals surface area contributed by atoms with Crippen molar-refractivity contribution in [2.45, 2.75) is 19.9 Å². The maximum atomic E-state index is 11.7. The third-order valence-corrected chi connectivity index (χ3v) is 3.03. The van der Waals surface area contributed by atoms with E-state index in [-0.39, 0.29) is 11.8 Å². The van der Waals surface area contributed by atoms with Gasteiger partial charge in [-0.2, -0.15) is 0 Å². The summed E-state index contributed by atoms with van der Waals surface area (Å²) in [5, 5.41) is 2.84. The summed E-state index contributed by atoms with van der Waals surface area (Å²) in [4.78, 5) is 31.0. The largest absolute Gasteiger partial charge is 0.355 e. The van der Waals surface area contributed by atoms with Gasteiger partial charge in [-0.3, -0.25) is 14.6 Å². The molecular formula is C15H24N4O2. The Hall–Kier alpha value is -1.95. The monoisotopic (exact) mass is 292 g/mol. The van der Waals surface area contributed by atoms with Gasteiger partial charge in [-0.1, -0.05) is 6.07 Å². The number of rotatable bonds is 8. The van der Waals surface area contributed by atoms with E-state index in [2.05, 4.69) is 10.3 Å². The predicted octanol–water partition coefficient (Wildman–Crippen LogP) is 0.498. The molecule has 0 saturated heterocycles. The molecule has 0 unspecified atom stereocenters. The molecule has 1 aromatic heterocycles. The van der Waals surface area contributed by atoms with E-state index >= 15 is 0 Å². The molecule has 0 atom stereocenters. The summed E-state index contributed by atoms with van der Waals surface area (Å²) in [6.07, 6.45) is 3.74. The van der Waals surface area contributed by atoms with Crippen LogP contribution in [-0.2, 0) is 16.1 Å². The van der Waals surface area contributed by atoms with Crippen LogP contribution in [0, 0.1) is 0 Å². The number of aromatic nitrogens is 1. The van der Waals surface area contributed by atoms with E-state index in [1.54, 1.807) is 17.3 Å². The summed E-state index contributed by atoms with van der Waals surface area (Å²) in [5.41, 5.74) is 0.959. The van der Waals surface area contributed by atoms with Gasteiger partial charge >= 0.3 is 0 Å². The molecular weight excluding hydrogens is 268 g/mol. The topological polar surface area (TPSA) is 65.5 Å². The third kappa shape index (κ3) is 7.41. The zero-order chi connectivity index (χ0) is 15.7. The number of nitrogens with zero attached hydrogens (tertiary/aromatic N) is 3. The summed E-state index contributed by atoms with van der Waals surface area (Å²) in [5.74, 6) is -0.0748. The van der Waals surface area contributed by atoms with Gasteiger partial charge in [0.2, 0.25) is 11.8 Å². The molecule has 1 heterocycles. The smallest absolute Gasteiger partial charge is 0.221 e. The Balaban J connectivity index is 2.38.